The van der Waals surface area contributed by atoms with E-state index in [1.165, 1.54) is 0 Å². The van der Waals surface area contributed by atoms with Gasteiger partial charge in [0, 0.05) is 10.7 Å². The highest BCUT2D eigenvalue weighted by Crippen LogP contribution is 2.22. The van der Waals surface area contributed by atoms with Crippen LogP contribution in [-0.2, 0) is 9.05 Å². The van der Waals surface area contributed by atoms with Crippen molar-refractivity contribution in [1.29, 1.82) is 0 Å². The van der Waals surface area contributed by atoms with Gasteiger partial charge in [0.25, 0.3) is 9.05 Å². The van der Waals surface area contributed by atoms with Crippen molar-refractivity contribution >= 4 is 25.7 Å². The van der Waals surface area contributed by atoms with Crippen molar-refractivity contribution in [2.24, 2.45) is 0 Å². The number of halogens is 2. The summed E-state index contributed by atoms with van der Waals surface area (Å²) in [5.41, 5.74) is -0.942. The Balaban J connectivity index is 3.61. The number of hydrogen-bond acceptors (Lipinski definition) is 3. The van der Waals surface area contributed by atoms with Gasteiger partial charge in [0.2, 0.25) is 0 Å². The number of rotatable bonds is 2. The zero-order valence-electron chi connectivity index (χ0n) is 6.57. The van der Waals surface area contributed by atoms with Gasteiger partial charge in [-0.05, 0) is 12.1 Å². The number of carboxylic acids is 1. The molecule has 76 valence electrons. The maximum atomic E-state index is 12.9. The maximum absolute atomic E-state index is 12.9. The fourth-order valence-corrected chi connectivity index (χ4v) is 1.97. The van der Waals surface area contributed by atoms with Crippen molar-refractivity contribution in [1.82, 2.24) is 0 Å². The lowest BCUT2D eigenvalue weighted by Gasteiger charge is -2.02. The summed E-state index contributed by atoms with van der Waals surface area (Å²) in [5, 5.41) is 8.55. The lowest BCUT2D eigenvalue weighted by atomic mass is 10.2. The van der Waals surface area contributed by atoms with Crippen LogP contribution in [0.15, 0.2) is 23.1 Å². The molecule has 0 atom stereocenters. The van der Waals surface area contributed by atoms with E-state index in [4.69, 9.17) is 15.8 Å². The van der Waals surface area contributed by atoms with Gasteiger partial charge in [-0.15, -0.1) is 0 Å². The Morgan fingerprint density at radius 1 is 1.43 bits per heavy atom. The molecule has 0 aromatic heterocycles. The molecule has 14 heavy (non-hydrogen) atoms. The molecule has 0 aliphatic rings. The third-order valence-corrected chi connectivity index (χ3v) is 2.82. The quantitative estimate of drug-likeness (QED) is 0.792. The highest BCUT2D eigenvalue weighted by Gasteiger charge is 2.23. The summed E-state index contributed by atoms with van der Waals surface area (Å²) in [6, 6.07) is 2.83. The first-order chi connectivity index (χ1) is 6.34. The van der Waals surface area contributed by atoms with Crippen LogP contribution < -0.4 is 0 Å². The number of hydrogen-bond donors (Lipinski definition) is 1. The lowest BCUT2D eigenvalue weighted by Crippen LogP contribution is -2.07. The van der Waals surface area contributed by atoms with Gasteiger partial charge >= 0.3 is 5.97 Å². The molecule has 0 spiro atoms. The minimum absolute atomic E-state index is 0.744. The number of aromatic carboxylic acids is 1. The molecule has 7 heteroatoms. The maximum Gasteiger partial charge on any atom is 0.340 e. The van der Waals surface area contributed by atoms with Crippen LogP contribution in [0.3, 0.4) is 0 Å². The van der Waals surface area contributed by atoms with Crippen molar-refractivity contribution in [3.05, 3.63) is 29.6 Å². The molecule has 0 aliphatic carbocycles. The van der Waals surface area contributed by atoms with Crippen molar-refractivity contribution in [3.8, 4) is 0 Å². The van der Waals surface area contributed by atoms with Crippen LogP contribution in [0.1, 0.15) is 10.4 Å². The minimum Gasteiger partial charge on any atom is -0.478 e. The monoisotopic (exact) mass is 238 g/mol. The van der Waals surface area contributed by atoms with Gasteiger partial charge < -0.3 is 5.11 Å². The van der Waals surface area contributed by atoms with Crippen molar-refractivity contribution < 1.29 is 22.7 Å². The van der Waals surface area contributed by atoms with E-state index in [2.05, 4.69) is 0 Å². The summed E-state index contributed by atoms with van der Waals surface area (Å²) in [6.07, 6.45) is 0. The fourth-order valence-electron chi connectivity index (χ4n) is 0.915. The summed E-state index contributed by atoms with van der Waals surface area (Å²) in [7, 11) is 0.672. The van der Waals surface area contributed by atoms with Gasteiger partial charge in [0.05, 0.1) is 4.90 Å². The molecule has 1 rings (SSSR count). The van der Waals surface area contributed by atoms with E-state index in [9.17, 15) is 17.6 Å². The molecule has 1 aromatic carbocycles. The molecule has 4 nitrogen and oxygen atoms in total. The molecular formula is C7H4ClFO4S. The zero-order valence-corrected chi connectivity index (χ0v) is 8.14. The molecule has 1 aromatic rings. The number of carbonyl (C=O) groups is 1. The van der Waals surface area contributed by atoms with E-state index in [0.29, 0.717) is 0 Å². The average molecular weight is 239 g/mol. The van der Waals surface area contributed by atoms with Crippen molar-refractivity contribution in [2.45, 2.75) is 4.90 Å². The van der Waals surface area contributed by atoms with Crippen LogP contribution in [0, 0.1) is 5.82 Å². The van der Waals surface area contributed by atoms with E-state index >= 15 is 0 Å². The first kappa shape index (κ1) is 10.9. The molecule has 0 aliphatic heterocycles. The Bertz CT molecular complexity index is 482. The summed E-state index contributed by atoms with van der Waals surface area (Å²) < 4.78 is 34.6. The summed E-state index contributed by atoms with van der Waals surface area (Å²) in [6.45, 7) is 0. The topological polar surface area (TPSA) is 71.4 Å². The first-order valence-corrected chi connectivity index (χ1v) is 5.61. The van der Waals surface area contributed by atoms with E-state index in [-0.39, 0.29) is 0 Å². The van der Waals surface area contributed by atoms with Crippen LogP contribution >= 0.6 is 10.7 Å². The van der Waals surface area contributed by atoms with Gasteiger partial charge in [0.1, 0.15) is 11.4 Å². The molecule has 0 fully saturated rings. The number of carboxylic acid groups (broad SMARTS) is 1. The van der Waals surface area contributed by atoms with E-state index in [0.717, 1.165) is 18.2 Å². The predicted octanol–water partition coefficient (Wildman–Crippen LogP) is 1.45. The van der Waals surface area contributed by atoms with Crippen LogP contribution in [-0.4, -0.2) is 19.5 Å². The summed E-state index contributed by atoms with van der Waals surface area (Å²) in [4.78, 5) is 9.78. The Morgan fingerprint density at radius 3 is 2.36 bits per heavy atom. The summed E-state index contributed by atoms with van der Waals surface area (Å²) in [5.74, 6) is -2.82. The van der Waals surface area contributed by atoms with Crippen LogP contribution in [0.2, 0.25) is 0 Å². The highest BCUT2D eigenvalue weighted by atomic mass is 35.7. The molecule has 0 heterocycles. The van der Waals surface area contributed by atoms with Gasteiger partial charge in [-0.25, -0.2) is 17.6 Å². The largest absolute Gasteiger partial charge is 0.478 e. The third kappa shape index (κ3) is 2.02. The van der Waals surface area contributed by atoms with E-state index in [1.54, 1.807) is 0 Å². The van der Waals surface area contributed by atoms with Crippen molar-refractivity contribution in [3.63, 3.8) is 0 Å². The van der Waals surface area contributed by atoms with Crippen molar-refractivity contribution in [2.75, 3.05) is 0 Å². The van der Waals surface area contributed by atoms with Gasteiger partial charge in [-0.1, -0.05) is 6.07 Å². The SMILES string of the molecule is O=C(O)c1c(F)cccc1S(=O)(=O)Cl. The second-order valence-corrected chi connectivity index (χ2v) is 4.89. The molecule has 0 amide bonds. The van der Waals surface area contributed by atoms with Crippen LogP contribution in [0.4, 0.5) is 4.39 Å². The standard InChI is InChI=1S/C7H4ClFO4S/c8-14(12,13)5-3-1-2-4(9)6(5)7(10)11/h1-3H,(H,10,11). The Hall–Kier alpha value is -1.14. The minimum atomic E-state index is -4.25. The normalized spacial score (nSPS) is 11.3. The van der Waals surface area contributed by atoms with E-state index in [1.807, 2.05) is 0 Å². The Labute approximate surface area is 83.4 Å². The Kier molecular flexibility index (Phi) is 2.77. The Morgan fingerprint density at radius 2 is 2.00 bits per heavy atom. The predicted molar refractivity (Wildman–Crippen MR) is 46.4 cm³/mol. The van der Waals surface area contributed by atoms with Crippen LogP contribution in [0.5, 0.6) is 0 Å². The second-order valence-electron chi connectivity index (χ2n) is 2.36. The highest BCUT2D eigenvalue weighted by molar-refractivity contribution is 8.13. The zero-order chi connectivity index (χ0) is 10.9. The van der Waals surface area contributed by atoms with E-state index < -0.39 is 31.3 Å². The lowest BCUT2D eigenvalue weighted by molar-refractivity contribution is 0.0687. The third-order valence-electron chi connectivity index (χ3n) is 1.45. The second kappa shape index (κ2) is 3.55. The molecule has 0 saturated carbocycles. The molecule has 1 N–H and O–H groups in total. The fraction of sp³-hybridized carbons (Fsp3) is 0. The smallest absolute Gasteiger partial charge is 0.340 e. The average Bonchev–Trinajstić information content (AvgIpc) is 2.01. The molecule has 0 saturated heterocycles. The van der Waals surface area contributed by atoms with Gasteiger partial charge in [0.15, 0.2) is 0 Å². The van der Waals surface area contributed by atoms with Gasteiger partial charge in [-0.3, -0.25) is 0 Å². The van der Waals surface area contributed by atoms with Gasteiger partial charge in [-0.2, -0.15) is 0 Å². The molecule has 0 unspecified atom stereocenters. The van der Waals surface area contributed by atoms with Crippen LogP contribution in [0.25, 0.3) is 0 Å². The molecule has 0 radical (unpaired) electrons. The number of benzene rings is 1. The first-order valence-electron chi connectivity index (χ1n) is 3.30. The molecular weight excluding hydrogens is 235 g/mol. The summed E-state index contributed by atoms with van der Waals surface area (Å²) >= 11 is 0. The molecule has 0 bridgehead atoms.